The van der Waals surface area contributed by atoms with Gasteiger partial charge < -0.3 is 0 Å². The third-order valence-electron chi connectivity index (χ3n) is 2.51. The highest BCUT2D eigenvalue weighted by Crippen LogP contribution is 2.26. The van der Waals surface area contributed by atoms with Crippen molar-refractivity contribution in [3.8, 4) is 22.9 Å². The molecule has 0 aliphatic heterocycles. The first-order valence-corrected chi connectivity index (χ1v) is 6.22. The second-order valence-corrected chi connectivity index (χ2v) is 4.56. The Hall–Kier alpha value is -2.01. The topological polar surface area (TPSA) is 54.5 Å². The summed E-state index contributed by atoms with van der Waals surface area (Å²) in [4.78, 5) is 8.69. The number of aromatic nitrogens is 4. The number of hydrogen-bond donors (Lipinski definition) is 1. The minimum Gasteiger partial charge on any atom is -0.257 e. The van der Waals surface area contributed by atoms with Gasteiger partial charge in [0.2, 0.25) is 0 Å². The summed E-state index contributed by atoms with van der Waals surface area (Å²) >= 11 is 3.49. The van der Waals surface area contributed by atoms with Crippen molar-refractivity contribution in [3.63, 3.8) is 0 Å². The van der Waals surface area contributed by atoms with Crippen LogP contribution in [0.25, 0.3) is 22.9 Å². The van der Waals surface area contributed by atoms with Gasteiger partial charge in [-0.15, -0.1) is 0 Å². The van der Waals surface area contributed by atoms with E-state index in [2.05, 4.69) is 36.1 Å². The van der Waals surface area contributed by atoms with E-state index in [4.69, 9.17) is 0 Å². The van der Waals surface area contributed by atoms with E-state index in [1.165, 1.54) is 0 Å². The molecule has 0 aliphatic carbocycles. The molecule has 0 amide bonds. The molecule has 5 heteroatoms. The van der Waals surface area contributed by atoms with E-state index in [0.717, 1.165) is 15.7 Å². The highest BCUT2D eigenvalue weighted by molar-refractivity contribution is 9.10. The molecule has 1 aromatic carbocycles. The van der Waals surface area contributed by atoms with Crippen molar-refractivity contribution in [2.75, 3.05) is 0 Å². The molecule has 2 aromatic heterocycles. The number of pyridine rings is 1. The fourth-order valence-corrected chi connectivity index (χ4v) is 2.10. The highest BCUT2D eigenvalue weighted by atomic mass is 79.9. The Bertz CT molecular complexity index is 664. The van der Waals surface area contributed by atoms with Gasteiger partial charge in [-0.3, -0.25) is 10.1 Å². The maximum Gasteiger partial charge on any atom is 0.182 e. The van der Waals surface area contributed by atoms with E-state index in [0.29, 0.717) is 11.6 Å². The molecule has 0 spiro atoms. The molecule has 18 heavy (non-hydrogen) atoms. The number of aromatic amines is 1. The van der Waals surface area contributed by atoms with Crippen LogP contribution in [-0.4, -0.2) is 20.2 Å². The van der Waals surface area contributed by atoms with Gasteiger partial charge in [-0.1, -0.05) is 34.1 Å². The SMILES string of the molecule is Brc1ccccc1-c1n[nH]c(-c2ccccn2)n1. The normalized spacial score (nSPS) is 10.5. The first-order valence-electron chi connectivity index (χ1n) is 5.43. The third kappa shape index (κ3) is 2.04. The van der Waals surface area contributed by atoms with Crippen LogP contribution in [0.3, 0.4) is 0 Å². The molecule has 1 N–H and O–H groups in total. The quantitative estimate of drug-likeness (QED) is 0.790. The molecule has 0 saturated heterocycles. The standard InChI is InChI=1S/C13H9BrN4/c14-10-6-2-1-5-9(10)12-16-13(18-17-12)11-7-3-4-8-15-11/h1-8H,(H,16,17,18). The summed E-state index contributed by atoms with van der Waals surface area (Å²) < 4.78 is 0.969. The lowest BCUT2D eigenvalue weighted by atomic mass is 10.2. The maximum atomic E-state index is 4.45. The monoisotopic (exact) mass is 300 g/mol. The molecule has 3 aromatic rings. The van der Waals surface area contributed by atoms with Crippen LogP contribution in [0.5, 0.6) is 0 Å². The largest absolute Gasteiger partial charge is 0.257 e. The molecule has 0 fully saturated rings. The number of nitrogens with one attached hydrogen (secondary N) is 1. The van der Waals surface area contributed by atoms with E-state index in [9.17, 15) is 0 Å². The van der Waals surface area contributed by atoms with Crippen LogP contribution in [0.1, 0.15) is 0 Å². The highest BCUT2D eigenvalue weighted by Gasteiger charge is 2.10. The minimum atomic E-state index is 0.656. The molecule has 0 unspecified atom stereocenters. The summed E-state index contributed by atoms with van der Waals surface area (Å²) in [6, 6.07) is 13.5. The van der Waals surface area contributed by atoms with Crippen molar-refractivity contribution >= 4 is 15.9 Å². The van der Waals surface area contributed by atoms with Crippen LogP contribution in [0.4, 0.5) is 0 Å². The average Bonchev–Trinajstić information content (AvgIpc) is 2.90. The zero-order valence-corrected chi connectivity index (χ0v) is 10.9. The van der Waals surface area contributed by atoms with Crippen molar-refractivity contribution in [3.05, 3.63) is 53.1 Å². The summed E-state index contributed by atoms with van der Waals surface area (Å²) in [5.74, 6) is 1.32. The lowest BCUT2D eigenvalue weighted by Crippen LogP contribution is -1.84. The molecule has 0 atom stereocenters. The van der Waals surface area contributed by atoms with Crippen molar-refractivity contribution in [2.24, 2.45) is 0 Å². The first-order chi connectivity index (χ1) is 8.84. The number of nitrogens with zero attached hydrogens (tertiary/aromatic N) is 3. The fourth-order valence-electron chi connectivity index (χ4n) is 1.64. The minimum absolute atomic E-state index is 0.656. The summed E-state index contributed by atoms with van der Waals surface area (Å²) in [5.41, 5.74) is 1.74. The van der Waals surface area contributed by atoms with E-state index < -0.39 is 0 Å². The van der Waals surface area contributed by atoms with Gasteiger partial charge in [-0.25, -0.2) is 4.98 Å². The summed E-state index contributed by atoms with van der Waals surface area (Å²) in [6.45, 7) is 0. The van der Waals surface area contributed by atoms with Gasteiger partial charge in [-0.05, 0) is 24.3 Å². The van der Waals surface area contributed by atoms with E-state index in [1.54, 1.807) is 6.20 Å². The lowest BCUT2D eigenvalue weighted by molar-refractivity contribution is 1.09. The number of rotatable bonds is 2. The molecule has 2 heterocycles. The Morgan fingerprint density at radius 1 is 1.00 bits per heavy atom. The number of halogens is 1. The van der Waals surface area contributed by atoms with Crippen LogP contribution < -0.4 is 0 Å². The zero-order chi connectivity index (χ0) is 12.4. The van der Waals surface area contributed by atoms with Crippen molar-refractivity contribution in [2.45, 2.75) is 0 Å². The Labute approximate surface area is 112 Å². The molecule has 0 aliphatic rings. The summed E-state index contributed by atoms with van der Waals surface area (Å²) in [7, 11) is 0. The molecule has 0 radical (unpaired) electrons. The average molecular weight is 301 g/mol. The van der Waals surface area contributed by atoms with Crippen LogP contribution in [-0.2, 0) is 0 Å². The van der Waals surface area contributed by atoms with Gasteiger partial charge in [-0.2, -0.15) is 5.10 Å². The fraction of sp³-hybridized carbons (Fsp3) is 0. The predicted molar refractivity (Wildman–Crippen MR) is 72.7 cm³/mol. The summed E-state index contributed by atoms with van der Waals surface area (Å²) in [5, 5.41) is 7.12. The van der Waals surface area contributed by atoms with Crippen molar-refractivity contribution < 1.29 is 0 Å². The Morgan fingerprint density at radius 2 is 1.83 bits per heavy atom. The Balaban J connectivity index is 2.03. The predicted octanol–water partition coefficient (Wildman–Crippen LogP) is 3.30. The molecule has 0 bridgehead atoms. The van der Waals surface area contributed by atoms with Gasteiger partial charge in [0, 0.05) is 16.2 Å². The number of H-pyrrole nitrogens is 1. The molecule has 4 nitrogen and oxygen atoms in total. The van der Waals surface area contributed by atoms with E-state index >= 15 is 0 Å². The summed E-state index contributed by atoms with van der Waals surface area (Å²) in [6.07, 6.45) is 1.73. The number of hydrogen-bond acceptors (Lipinski definition) is 3. The van der Waals surface area contributed by atoms with Gasteiger partial charge in [0.05, 0.1) is 0 Å². The lowest BCUT2D eigenvalue weighted by Gasteiger charge is -1.97. The molecule has 3 rings (SSSR count). The van der Waals surface area contributed by atoms with Gasteiger partial charge in [0.15, 0.2) is 11.6 Å². The second kappa shape index (κ2) is 4.70. The van der Waals surface area contributed by atoms with Crippen molar-refractivity contribution in [1.29, 1.82) is 0 Å². The van der Waals surface area contributed by atoms with Crippen LogP contribution >= 0.6 is 15.9 Å². The first kappa shape index (κ1) is 11.1. The van der Waals surface area contributed by atoms with Gasteiger partial charge in [0.1, 0.15) is 5.69 Å². The maximum absolute atomic E-state index is 4.45. The van der Waals surface area contributed by atoms with Gasteiger partial charge >= 0.3 is 0 Å². The van der Waals surface area contributed by atoms with Crippen molar-refractivity contribution in [1.82, 2.24) is 20.2 Å². The molecule has 0 saturated carbocycles. The smallest absolute Gasteiger partial charge is 0.182 e. The van der Waals surface area contributed by atoms with Crippen LogP contribution in [0, 0.1) is 0 Å². The zero-order valence-electron chi connectivity index (χ0n) is 9.34. The molecular formula is C13H9BrN4. The van der Waals surface area contributed by atoms with Gasteiger partial charge in [0.25, 0.3) is 0 Å². The van der Waals surface area contributed by atoms with E-state index in [-0.39, 0.29) is 0 Å². The van der Waals surface area contributed by atoms with Crippen LogP contribution in [0.2, 0.25) is 0 Å². The number of benzene rings is 1. The Morgan fingerprint density at radius 3 is 2.61 bits per heavy atom. The third-order valence-corrected chi connectivity index (χ3v) is 3.20. The molecule has 88 valence electrons. The van der Waals surface area contributed by atoms with Crippen LogP contribution in [0.15, 0.2) is 53.1 Å². The van der Waals surface area contributed by atoms with E-state index in [1.807, 2.05) is 42.5 Å². The Kier molecular flexibility index (Phi) is 2.90. The molecular weight excluding hydrogens is 292 g/mol. The second-order valence-electron chi connectivity index (χ2n) is 3.70.